The molecule has 0 unspecified atom stereocenters. The summed E-state index contributed by atoms with van der Waals surface area (Å²) in [6, 6.07) is 63.3. The molecule has 0 atom stereocenters. The third-order valence-electron chi connectivity index (χ3n) is 11.8. The molecule has 13 rings (SSSR count). The van der Waals surface area contributed by atoms with E-state index in [1.54, 1.807) is 0 Å². The third kappa shape index (κ3) is 4.77. The van der Waals surface area contributed by atoms with Gasteiger partial charge in [-0.3, -0.25) is 0 Å². The molecule has 0 saturated carbocycles. The lowest BCUT2D eigenvalue weighted by Crippen LogP contribution is -2.01. The average Bonchev–Trinajstić information content (AvgIpc) is 3.98. The minimum absolute atomic E-state index is 0.556. The molecule has 4 heterocycles. The molecule has 0 radical (unpaired) electrons. The molecular weight excluding hydrogens is 725 g/mol. The standard InChI is InChI=1S/C53H30N4O2/c1-2-13-32(14-3-1)51-54-52(35-23-24-38-37-18-8-10-20-45(37)58-47(38)30-35)56-53(55-51)41-26-27-43(50-48(41)40-19-9-11-21-46(40)59-50)57-44-29-34-16-5-4-15-33(34)28-42(44)39-25-22-31-12-6-7-17-36(31)49(39)57/h1-30H. The van der Waals surface area contributed by atoms with E-state index in [2.05, 4.69) is 120 Å². The molecule has 0 aliphatic carbocycles. The molecule has 59 heavy (non-hydrogen) atoms. The number of furan rings is 2. The first-order valence-corrected chi connectivity index (χ1v) is 19.8. The molecule has 6 nitrogen and oxygen atoms in total. The number of hydrogen-bond donors (Lipinski definition) is 0. The van der Waals surface area contributed by atoms with Gasteiger partial charge in [-0.15, -0.1) is 0 Å². The van der Waals surface area contributed by atoms with E-state index in [-0.39, 0.29) is 0 Å². The van der Waals surface area contributed by atoms with E-state index in [1.165, 1.54) is 32.3 Å². The second kappa shape index (κ2) is 12.2. The van der Waals surface area contributed by atoms with Crippen LogP contribution in [0, 0.1) is 0 Å². The molecule has 0 aliphatic heterocycles. The predicted octanol–water partition coefficient (Wildman–Crippen LogP) is 14.1. The van der Waals surface area contributed by atoms with Crippen molar-refractivity contribution in [3.63, 3.8) is 0 Å². The maximum absolute atomic E-state index is 6.97. The molecule has 0 saturated heterocycles. The Hall–Kier alpha value is -8.09. The molecule has 274 valence electrons. The van der Waals surface area contributed by atoms with E-state index in [0.29, 0.717) is 17.5 Å². The summed E-state index contributed by atoms with van der Waals surface area (Å²) < 4.78 is 15.7. The number of aromatic nitrogens is 4. The Morgan fingerprint density at radius 2 is 1.00 bits per heavy atom. The van der Waals surface area contributed by atoms with Crippen LogP contribution in [0.1, 0.15) is 0 Å². The zero-order chi connectivity index (χ0) is 38.6. The molecule has 6 heteroatoms. The largest absolute Gasteiger partial charge is 0.456 e. The maximum Gasteiger partial charge on any atom is 0.164 e. The first kappa shape index (κ1) is 32.0. The summed E-state index contributed by atoms with van der Waals surface area (Å²) in [6.45, 7) is 0. The fraction of sp³-hybridized carbons (Fsp3) is 0. The lowest BCUT2D eigenvalue weighted by molar-refractivity contribution is 0.666. The van der Waals surface area contributed by atoms with Crippen LogP contribution in [0.25, 0.3) is 127 Å². The Bertz CT molecular complexity index is 3860. The molecule has 0 spiro atoms. The Kier molecular flexibility index (Phi) is 6.63. The van der Waals surface area contributed by atoms with Crippen LogP contribution in [-0.2, 0) is 0 Å². The number of benzene rings is 9. The monoisotopic (exact) mass is 754 g/mol. The lowest BCUT2D eigenvalue weighted by atomic mass is 10.0. The summed E-state index contributed by atoms with van der Waals surface area (Å²) in [5.74, 6) is 1.70. The van der Waals surface area contributed by atoms with Crippen molar-refractivity contribution in [2.75, 3.05) is 0 Å². The molecule has 4 aromatic heterocycles. The minimum Gasteiger partial charge on any atom is -0.456 e. The highest BCUT2D eigenvalue weighted by atomic mass is 16.3. The van der Waals surface area contributed by atoms with Gasteiger partial charge in [-0.1, -0.05) is 133 Å². The minimum atomic E-state index is 0.556. The summed E-state index contributed by atoms with van der Waals surface area (Å²) >= 11 is 0. The van der Waals surface area contributed by atoms with Crippen LogP contribution in [0.4, 0.5) is 0 Å². The van der Waals surface area contributed by atoms with Crippen LogP contribution < -0.4 is 0 Å². The van der Waals surface area contributed by atoms with E-state index in [1.807, 2.05) is 66.7 Å². The highest BCUT2D eigenvalue weighted by Crippen LogP contribution is 2.44. The van der Waals surface area contributed by atoms with Crippen molar-refractivity contribution in [3.05, 3.63) is 182 Å². The first-order chi connectivity index (χ1) is 29.2. The van der Waals surface area contributed by atoms with Gasteiger partial charge in [0, 0.05) is 54.4 Å². The van der Waals surface area contributed by atoms with Crippen molar-refractivity contribution in [1.29, 1.82) is 0 Å². The van der Waals surface area contributed by atoms with Crippen LogP contribution in [0.3, 0.4) is 0 Å². The van der Waals surface area contributed by atoms with Gasteiger partial charge in [0.25, 0.3) is 0 Å². The third-order valence-corrected chi connectivity index (χ3v) is 11.8. The predicted molar refractivity (Wildman–Crippen MR) is 240 cm³/mol. The summed E-state index contributed by atoms with van der Waals surface area (Å²) in [7, 11) is 0. The second-order valence-corrected chi connectivity index (χ2v) is 15.2. The number of nitrogens with zero attached hydrogens (tertiary/aromatic N) is 4. The molecule has 0 aliphatic rings. The molecular formula is C53H30N4O2. The zero-order valence-electron chi connectivity index (χ0n) is 31.4. The van der Waals surface area contributed by atoms with Crippen molar-refractivity contribution in [3.8, 4) is 39.9 Å². The zero-order valence-corrected chi connectivity index (χ0v) is 31.4. The van der Waals surface area contributed by atoms with Gasteiger partial charge in [0.15, 0.2) is 23.1 Å². The fourth-order valence-corrected chi connectivity index (χ4v) is 9.10. The molecule has 13 aromatic rings. The highest BCUT2D eigenvalue weighted by Gasteiger charge is 2.24. The van der Waals surface area contributed by atoms with Gasteiger partial charge in [0.05, 0.1) is 16.7 Å². The van der Waals surface area contributed by atoms with E-state index < -0.39 is 0 Å². The topological polar surface area (TPSA) is 69.9 Å². The van der Waals surface area contributed by atoms with E-state index >= 15 is 0 Å². The van der Waals surface area contributed by atoms with Crippen molar-refractivity contribution >= 4 is 87.2 Å². The Balaban J connectivity index is 1.11. The number of fused-ring (bicyclic) bond motifs is 12. The molecule has 0 fully saturated rings. The Morgan fingerprint density at radius 3 is 1.83 bits per heavy atom. The molecule has 0 N–H and O–H groups in total. The maximum atomic E-state index is 6.97. The highest BCUT2D eigenvalue weighted by molar-refractivity contribution is 6.22. The Labute approximate surface area is 336 Å². The van der Waals surface area contributed by atoms with Crippen molar-refractivity contribution in [2.45, 2.75) is 0 Å². The Morgan fingerprint density at radius 1 is 0.373 bits per heavy atom. The van der Waals surface area contributed by atoms with E-state index in [4.69, 9.17) is 23.8 Å². The summed E-state index contributed by atoms with van der Waals surface area (Å²) in [6.07, 6.45) is 0. The summed E-state index contributed by atoms with van der Waals surface area (Å²) in [4.78, 5) is 15.5. The van der Waals surface area contributed by atoms with Crippen LogP contribution >= 0.6 is 0 Å². The van der Waals surface area contributed by atoms with Gasteiger partial charge >= 0.3 is 0 Å². The van der Waals surface area contributed by atoms with Crippen LogP contribution in [-0.4, -0.2) is 19.5 Å². The fourth-order valence-electron chi connectivity index (χ4n) is 9.10. The van der Waals surface area contributed by atoms with Crippen LogP contribution in [0.15, 0.2) is 191 Å². The quantitative estimate of drug-likeness (QED) is 0.179. The van der Waals surface area contributed by atoms with Gasteiger partial charge in [0.2, 0.25) is 0 Å². The SMILES string of the molecule is c1ccc(-c2nc(-c3ccc4c(c3)oc3ccccc34)nc(-c3ccc(-n4c5cc6ccccc6cc5c5ccc6ccccc6c54)c4oc5ccccc5c34)n2)cc1. The number of rotatable bonds is 4. The smallest absolute Gasteiger partial charge is 0.164 e. The van der Waals surface area contributed by atoms with Gasteiger partial charge in [-0.05, 0) is 64.7 Å². The van der Waals surface area contributed by atoms with Crippen molar-refractivity contribution in [2.24, 2.45) is 0 Å². The van der Waals surface area contributed by atoms with Gasteiger partial charge in [0.1, 0.15) is 16.7 Å². The first-order valence-electron chi connectivity index (χ1n) is 19.8. The summed E-state index contributed by atoms with van der Waals surface area (Å²) in [5.41, 5.74) is 8.97. The summed E-state index contributed by atoms with van der Waals surface area (Å²) in [5, 5.41) is 11.2. The number of hydrogen-bond acceptors (Lipinski definition) is 5. The van der Waals surface area contributed by atoms with Crippen molar-refractivity contribution < 1.29 is 8.83 Å². The molecule has 0 amide bonds. The second-order valence-electron chi connectivity index (χ2n) is 15.2. The van der Waals surface area contributed by atoms with Crippen LogP contribution in [0.5, 0.6) is 0 Å². The van der Waals surface area contributed by atoms with E-state index in [0.717, 1.165) is 77.3 Å². The normalized spacial score (nSPS) is 12.1. The molecule has 9 aromatic carbocycles. The number of para-hydroxylation sites is 2. The van der Waals surface area contributed by atoms with E-state index in [9.17, 15) is 0 Å². The van der Waals surface area contributed by atoms with Gasteiger partial charge in [-0.25, -0.2) is 15.0 Å². The average molecular weight is 755 g/mol. The van der Waals surface area contributed by atoms with Crippen LogP contribution in [0.2, 0.25) is 0 Å². The van der Waals surface area contributed by atoms with Gasteiger partial charge in [-0.2, -0.15) is 0 Å². The van der Waals surface area contributed by atoms with Gasteiger partial charge < -0.3 is 13.4 Å². The lowest BCUT2D eigenvalue weighted by Gasteiger charge is -2.13. The van der Waals surface area contributed by atoms with Crippen molar-refractivity contribution in [1.82, 2.24) is 19.5 Å². The molecule has 0 bridgehead atoms.